The number of imidazole rings is 2. The highest BCUT2D eigenvalue weighted by molar-refractivity contribution is 6.00. The highest BCUT2D eigenvalue weighted by atomic mass is 16.2. The maximum atomic E-state index is 12.5. The highest BCUT2D eigenvalue weighted by Gasteiger charge is 2.24. The summed E-state index contributed by atoms with van der Waals surface area (Å²) in [6.45, 7) is 0. The molecule has 10 heteroatoms. The van der Waals surface area contributed by atoms with E-state index >= 15 is 0 Å². The molecule has 3 rings (SSSR count). The minimum atomic E-state index is -0.928. The lowest BCUT2D eigenvalue weighted by Gasteiger charge is -2.07. The zero-order valence-corrected chi connectivity index (χ0v) is 11.6. The molecule has 2 N–H and O–H groups in total. The number of carbonyl (C=O) groups excluding carboxylic acids is 2. The monoisotopic (exact) mass is 302 g/mol. The second-order valence-electron chi connectivity index (χ2n) is 4.80. The van der Waals surface area contributed by atoms with Crippen molar-refractivity contribution in [3.8, 4) is 0 Å². The van der Waals surface area contributed by atoms with Crippen molar-refractivity contribution in [2.24, 2.45) is 5.73 Å². The molecule has 0 aliphatic carbocycles. The molecule has 0 fully saturated rings. The second kappa shape index (κ2) is 4.35. The lowest BCUT2D eigenvalue weighted by molar-refractivity contribution is 0.0824. The third-order valence-corrected chi connectivity index (χ3v) is 3.22. The van der Waals surface area contributed by atoms with E-state index in [1.165, 1.54) is 19.0 Å². The number of fused-ring (bicyclic) bond motifs is 2. The van der Waals surface area contributed by atoms with E-state index in [2.05, 4.69) is 9.97 Å². The molecule has 0 aromatic carbocycles. The van der Waals surface area contributed by atoms with Gasteiger partial charge in [-0.25, -0.2) is 9.97 Å². The number of primary amides is 1. The Morgan fingerprint density at radius 1 is 1.00 bits per heavy atom. The van der Waals surface area contributed by atoms with Crippen molar-refractivity contribution in [1.82, 2.24) is 23.7 Å². The Morgan fingerprint density at radius 2 is 1.45 bits per heavy atom. The van der Waals surface area contributed by atoms with Gasteiger partial charge in [-0.15, -0.1) is 0 Å². The summed E-state index contributed by atoms with van der Waals surface area (Å²) < 4.78 is 1.81. The fourth-order valence-electron chi connectivity index (χ4n) is 2.19. The molecule has 0 saturated heterocycles. The quantitative estimate of drug-likeness (QED) is 0.579. The number of amides is 2. The van der Waals surface area contributed by atoms with Gasteiger partial charge in [-0.3, -0.25) is 28.0 Å². The molecule has 0 spiro atoms. The van der Waals surface area contributed by atoms with E-state index in [0.717, 1.165) is 21.5 Å². The van der Waals surface area contributed by atoms with Crippen LogP contribution < -0.4 is 16.9 Å². The van der Waals surface area contributed by atoms with Crippen LogP contribution in [0.15, 0.2) is 22.2 Å². The largest absolute Gasteiger partial charge is 0.364 e. The summed E-state index contributed by atoms with van der Waals surface area (Å²) in [6.07, 6.45) is 2.09. The average Bonchev–Trinajstić information content (AvgIpc) is 3.08. The summed E-state index contributed by atoms with van der Waals surface area (Å²) in [5.74, 6) is -1.45. The third kappa shape index (κ3) is 1.60. The standard InChI is InChI=1S/C12H10N6O4/c1-16(2)10(20)6-8-12(22)17-3-14-5(9(13)19)7(17)11(21)18(8)4-15-6/h3-4H,1-2H3,(H2,13,19). The molecule has 3 aromatic heterocycles. The van der Waals surface area contributed by atoms with Gasteiger partial charge in [-0.1, -0.05) is 0 Å². The van der Waals surface area contributed by atoms with Crippen molar-refractivity contribution in [1.29, 1.82) is 0 Å². The molecule has 0 radical (unpaired) electrons. The highest BCUT2D eigenvalue weighted by Crippen LogP contribution is 2.08. The number of aromatic nitrogens is 4. The van der Waals surface area contributed by atoms with Crippen molar-refractivity contribution in [2.45, 2.75) is 0 Å². The zero-order chi connectivity index (χ0) is 16.2. The minimum absolute atomic E-state index is 0.150. The Bertz CT molecular complexity index is 1050. The van der Waals surface area contributed by atoms with Gasteiger partial charge in [0.05, 0.1) is 0 Å². The van der Waals surface area contributed by atoms with E-state index in [1.807, 2.05) is 0 Å². The molecule has 10 nitrogen and oxygen atoms in total. The maximum Gasteiger partial charge on any atom is 0.283 e. The van der Waals surface area contributed by atoms with E-state index in [4.69, 9.17) is 5.73 Å². The van der Waals surface area contributed by atoms with E-state index in [1.54, 1.807) is 0 Å². The Kier molecular flexibility index (Phi) is 2.70. The molecular formula is C12H10N6O4. The number of hydrogen-bond acceptors (Lipinski definition) is 6. The summed E-state index contributed by atoms with van der Waals surface area (Å²) in [5.41, 5.74) is 2.88. The molecule has 3 aromatic rings. The molecule has 0 saturated carbocycles. The summed E-state index contributed by atoms with van der Waals surface area (Å²) in [7, 11) is 2.99. The molecular weight excluding hydrogens is 292 g/mol. The first-order valence-electron chi connectivity index (χ1n) is 6.10. The van der Waals surface area contributed by atoms with Crippen LogP contribution in [0.4, 0.5) is 0 Å². The van der Waals surface area contributed by atoms with Gasteiger partial charge in [0, 0.05) is 14.1 Å². The second-order valence-corrected chi connectivity index (χ2v) is 4.80. The molecule has 112 valence electrons. The minimum Gasteiger partial charge on any atom is -0.364 e. The van der Waals surface area contributed by atoms with Crippen LogP contribution in [0.2, 0.25) is 0 Å². The van der Waals surface area contributed by atoms with Crippen LogP contribution in [0.3, 0.4) is 0 Å². The van der Waals surface area contributed by atoms with Gasteiger partial charge >= 0.3 is 0 Å². The number of nitrogens with zero attached hydrogens (tertiary/aromatic N) is 5. The average molecular weight is 302 g/mol. The number of nitrogens with two attached hydrogens (primary N) is 1. The number of hydrogen-bond donors (Lipinski definition) is 1. The Balaban J connectivity index is 2.52. The zero-order valence-electron chi connectivity index (χ0n) is 11.6. The van der Waals surface area contributed by atoms with Gasteiger partial charge in [-0.05, 0) is 0 Å². The van der Waals surface area contributed by atoms with Gasteiger partial charge in [0.2, 0.25) is 0 Å². The summed E-state index contributed by atoms with van der Waals surface area (Å²) in [5, 5.41) is 0. The van der Waals surface area contributed by atoms with Crippen molar-refractivity contribution in [3.63, 3.8) is 0 Å². The van der Waals surface area contributed by atoms with Crippen LogP contribution in [0, 0.1) is 0 Å². The number of rotatable bonds is 2. The van der Waals surface area contributed by atoms with Crippen LogP contribution in [0.5, 0.6) is 0 Å². The summed E-state index contributed by atoms with van der Waals surface area (Å²) in [4.78, 5) is 57.0. The van der Waals surface area contributed by atoms with Crippen LogP contribution in [0.1, 0.15) is 21.0 Å². The van der Waals surface area contributed by atoms with Gasteiger partial charge < -0.3 is 10.6 Å². The molecule has 0 atom stereocenters. The topological polar surface area (TPSA) is 132 Å². The Hall–Kier alpha value is -3.30. The lowest BCUT2D eigenvalue weighted by atomic mass is 10.3. The van der Waals surface area contributed by atoms with Gasteiger partial charge in [0.25, 0.3) is 22.9 Å². The molecule has 22 heavy (non-hydrogen) atoms. The molecule has 0 aliphatic heterocycles. The predicted molar refractivity (Wildman–Crippen MR) is 74.2 cm³/mol. The fourth-order valence-corrected chi connectivity index (χ4v) is 2.19. The van der Waals surface area contributed by atoms with Gasteiger partial charge in [0.15, 0.2) is 11.4 Å². The van der Waals surface area contributed by atoms with E-state index in [-0.39, 0.29) is 22.4 Å². The van der Waals surface area contributed by atoms with Crippen molar-refractivity contribution < 1.29 is 9.59 Å². The SMILES string of the molecule is CN(C)C(=O)c1ncn2c(=O)c3c(C(N)=O)ncn3c(=O)c12. The Labute approximate surface area is 121 Å². The first-order chi connectivity index (χ1) is 10.3. The fraction of sp³-hybridized carbons (Fsp3) is 0.167. The summed E-state index contributed by atoms with van der Waals surface area (Å²) in [6, 6.07) is 0. The first kappa shape index (κ1) is 13.7. The van der Waals surface area contributed by atoms with Crippen molar-refractivity contribution in [3.05, 3.63) is 44.8 Å². The third-order valence-electron chi connectivity index (χ3n) is 3.22. The lowest BCUT2D eigenvalue weighted by Crippen LogP contribution is -2.29. The van der Waals surface area contributed by atoms with Crippen molar-refractivity contribution >= 4 is 22.8 Å². The predicted octanol–water partition coefficient (Wildman–Crippen LogP) is -2.06. The van der Waals surface area contributed by atoms with E-state index in [0.29, 0.717) is 0 Å². The molecule has 2 amide bonds. The molecule has 0 unspecified atom stereocenters. The van der Waals surface area contributed by atoms with Crippen LogP contribution in [0.25, 0.3) is 11.0 Å². The van der Waals surface area contributed by atoms with E-state index < -0.39 is 22.9 Å². The maximum absolute atomic E-state index is 12.5. The van der Waals surface area contributed by atoms with Crippen LogP contribution in [-0.4, -0.2) is 49.6 Å². The molecule has 0 aliphatic rings. The molecule has 0 bridgehead atoms. The van der Waals surface area contributed by atoms with Gasteiger partial charge in [0.1, 0.15) is 23.7 Å². The van der Waals surface area contributed by atoms with Crippen molar-refractivity contribution in [2.75, 3.05) is 14.1 Å². The Morgan fingerprint density at radius 3 is 1.91 bits per heavy atom. The summed E-state index contributed by atoms with van der Waals surface area (Å²) >= 11 is 0. The number of carbonyl (C=O) groups is 2. The van der Waals surface area contributed by atoms with Crippen LogP contribution >= 0.6 is 0 Å². The van der Waals surface area contributed by atoms with Crippen LogP contribution in [-0.2, 0) is 0 Å². The van der Waals surface area contributed by atoms with E-state index in [9.17, 15) is 19.2 Å². The smallest absolute Gasteiger partial charge is 0.283 e. The first-order valence-corrected chi connectivity index (χ1v) is 6.10. The normalized spacial score (nSPS) is 11.2. The van der Waals surface area contributed by atoms with Gasteiger partial charge in [-0.2, -0.15) is 0 Å². The molecule has 3 heterocycles.